The van der Waals surface area contributed by atoms with E-state index in [1.165, 1.54) is 38.3 Å². The van der Waals surface area contributed by atoms with Gasteiger partial charge in [0.15, 0.2) is 0 Å². The van der Waals surface area contributed by atoms with Crippen molar-refractivity contribution in [3.8, 4) is 11.5 Å². The van der Waals surface area contributed by atoms with Crippen LogP contribution < -0.4 is 10.1 Å². The number of esters is 2. The van der Waals surface area contributed by atoms with Crippen molar-refractivity contribution in [2.75, 3.05) is 12.9 Å². The van der Waals surface area contributed by atoms with Crippen molar-refractivity contribution in [2.24, 2.45) is 0 Å². The number of thioether (sulfide) groups is 1. The molecule has 1 atom stereocenters. The summed E-state index contributed by atoms with van der Waals surface area (Å²) in [5.74, 6) is -2.24. The van der Waals surface area contributed by atoms with Crippen molar-refractivity contribution < 1.29 is 33.8 Å². The van der Waals surface area contributed by atoms with Crippen LogP contribution in [0, 0.1) is 0 Å². The summed E-state index contributed by atoms with van der Waals surface area (Å²) in [5.41, 5.74) is 0.0616. The Kier molecular flexibility index (Phi) is 10.8. The van der Waals surface area contributed by atoms with Crippen molar-refractivity contribution in [3.63, 3.8) is 0 Å². The highest BCUT2D eigenvalue weighted by Crippen LogP contribution is 2.26. The number of rotatable bonds is 7. The van der Waals surface area contributed by atoms with Gasteiger partial charge in [-0.05, 0) is 24.3 Å². The van der Waals surface area contributed by atoms with Crippen LogP contribution in [-0.2, 0) is 14.3 Å². The molecule has 0 saturated heterocycles. The monoisotopic (exact) mass is 447 g/mol. The minimum Gasteiger partial charge on any atom is -0.507 e. The third-order valence-electron chi connectivity index (χ3n) is 3.68. The number of phenolic OH excluding ortho intramolecular Hbond substituents is 1. The van der Waals surface area contributed by atoms with E-state index in [0.29, 0.717) is 0 Å². The number of benzene rings is 2. The second-order valence-electron chi connectivity index (χ2n) is 5.78. The highest BCUT2D eigenvalue weighted by Gasteiger charge is 2.24. The number of nitrogens with one attached hydrogen (secondary N) is 1. The molecule has 1 unspecified atom stereocenters. The Labute approximate surface area is 184 Å². The molecule has 0 fully saturated rings. The van der Waals surface area contributed by atoms with E-state index in [0.717, 1.165) is 11.8 Å². The number of aromatic hydroxyl groups is 1. The van der Waals surface area contributed by atoms with Crippen LogP contribution in [0.3, 0.4) is 0 Å². The molecule has 2 rings (SSSR count). The van der Waals surface area contributed by atoms with E-state index >= 15 is 0 Å². The van der Waals surface area contributed by atoms with E-state index in [-0.39, 0.29) is 28.4 Å². The van der Waals surface area contributed by atoms with Crippen molar-refractivity contribution in [3.05, 3.63) is 59.7 Å². The fraction of sp³-hybridized carbons (Fsp3) is 0.273. The van der Waals surface area contributed by atoms with Crippen LogP contribution in [-0.4, -0.2) is 47.0 Å². The second kappa shape index (κ2) is 13.1. The summed E-state index contributed by atoms with van der Waals surface area (Å²) in [4.78, 5) is 47.9. The van der Waals surface area contributed by atoms with Gasteiger partial charge in [-0.1, -0.05) is 49.9 Å². The van der Waals surface area contributed by atoms with E-state index in [9.17, 15) is 24.3 Å². The molecule has 2 aromatic carbocycles. The van der Waals surface area contributed by atoms with Crippen LogP contribution in [0.1, 0.15) is 41.5 Å². The van der Waals surface area contributed by atoms with Gasteiger partial charge in [-0.15, -0.1) is 0 Å². The molecular formula is C22H25NO7S. The van der Waals surface area contributed by atoms with Gasteiger partial charge in [0.2, 0.25) is 11.0 Å². The summed E-state index contributed by atoms with van der Waals surface area (Å²) in [6.45, 7) is 5.25. The lowest BCUT2D eigenvalue weighted by atomic mass is 10.2. The predicted octanol–water partition coefficient (Wildman–Crippen LogP) is 3.19. The Bertz CT molecular complexity index is 930. The van der Waals surface area contributed by atoms with Crippen LogP contribution in [0.4, 0.5) is 0 Å². The molecule has 0 radical (unpaired) electrons. The first kappa shape index (κ1) is 25.7. The van der Waals surface area contributed by atoms with Crippen molar-refractivity contribution in [2.45, 2.75) is 26.8 Å². The van der Waals surface area contributed by atoms with Gasteiger partial charge < -0.3 is 19.9 Å². The van der Waals surface area contributed by atoms with Gasteiger partial charge in [0, 0.05) is 12.7 Å². The topological polar surface area (TPSA) is 119 Å². The molecule has 2 N–H and O–H groups in total. The molecule has 0 bridgehead atoms. The molecular weight excluding hydrogens is 422 g/mol. The number of ether oxygens (including phenoxy) is 2. The third kappa shape index (κ3) is 7.78. The van der Waals surface area contributed by atoms with E-state index in [4.69, 9.17) is 4.74 Å². The van der Waals surface area contributed by atoms with Gasteiger partial charge in [-0.3, -0.25) is 9.59 Å². The predicted molar refractivity (Wildman–Crippen MR) is 117 cm³/mol. The molecule has 8 nitrogen and oxygen atoms in total. The highest BCUT2D eigenvalue weighted by atomic mass is 32.2. The standard InChI is InChI=1S/C20H19NO7S.C2H6/c1-12(22)21-15(19(25)27-2)11-29-20(26)14-8-4-6-10-17(14)28-18(24)13-7-3-5-9-16(13)23;1-2/h3-10,15,23H,11H2,1-2H3,(H,21,22);1-2H3. The Morgan fingerprint density at radius 2 is 1.58 bits per heavy atom. The molecule has 166 valence electrons. The summed E-state index contributed by atoms with van der Waals surface area (Å²) < 4.78 is 9.90. The van der Waals surface area contributed by atoms with Gasteiger partial charge in [-0.2, -0.15) is 0 Å². The van der Waals surface area contributed by atoms with Crippen molar-refractivity contribution in [1.29, 1.82) is 0 Å². The maximum absolute atomic E-state index is 12.6. The lowest BCUT2D eigenvalue weighted by molar-refractivity contribution is -0.144. The maximum atomic E-state index is 12.6. The van der Waals surface area contributed by atoms with Crippen LogP contribution in [0.5, 0.6) is 11.5 Å². The van der Waals surface area contributed by atoms with Gasteiger partial charge in [-0.25, -0.2) is 9.59 Å². The normalized spacial score (nSPS) is 10.7. The fourth-order valence-corrected chi connectivity index (χ4v) is 3.18. The first-order chi connectivity index (χ1) is 14.8. The second-order valence-corrected chi connectivity index (χ2v) is 6.77. The van der Waals surface area contributed by atoms with Gasteiger partial charge in [0.05, 0.1) is 12.7 Å². The number of carbonyl (C=O) groups excluding carboxylic acids is 4. The Balaban J connectivity index is 0.00000233. The zero-order valence-corrected chi connectivity index (χ0v) is 18.5. The van der Waals surface area contributed by atoms with Crippen LogP contribution >= 0.6 is 11.8 Å². The summed E-state index contributed by atoms with van der Waals surface area (Å²) in [7, 11) is 1.18. The largest absolute Gasteiger partial charge is 0.507 e. The number of hydrogen-bond donors (Lipinski definition) is 2. The molecule has 9 heteroatoms. The Morgan fingerprint density at radius 1 is 1.00 bits per heavy atom. The van der Waals surface area contributed by atoms with E-state index in [1.54, 1.807) is 24.3 Å². The van der Waals surface area contributed by atoms with E-state index in [1.807, 2.05) is 13.8 Å². The Hall–Kier alpha value is -3.33. The Morgan fingerprint density at radius 3 is 2.16 bits per heavy atom. The zero-order chi connectivity index (χ0) is 23.4. The molecule has 1 amide bonds. The van der Waals surface area contributed by atoms with E-state index < -0.39 is 29.0 Å². The maximum Gasteiger partial charge on any atom is 0.347 e. The number of methoxy groups -OCH3 is 1. The average Bonchev–Trinajstić information content (AvgIpc) is 2.77. The molecule has 0 saturated carbocycles. The lowest BCUT2D eigenvalue weighted by Gasteiger charge is -2.15. The summed E-state index contributed by atoms with van der Waals surface area (Å²) in [6, 6.07) is 11.0. The summed E-state index contributed by atoms with van der Waals surface area (Å²) in [6.07, 6.45) is 0. The quantitative estimate of drug-likeness (QED) is 0.491. The van der Waals surface area contributed by atoms with Crippen LogP contribution in [0.2, 0.25) is 0 Å². The molecule has 2 aromatic rings. The SMILES string of the molecule is CC.COC(=O)C(CSC(=O)c1ccccc1OC(=O)c1ccccc1O)NC(C)=O. The molecule has 0 spiro atoms. The van der Waals surface area contributed by atoms with Crippen molar-refractivity contribution in [1.82, 2.24) is 5.32 Å². The lowest BCUT2D eigenvalue weighted by Crippen LogP contribution is -2.42. The zero-order valence-electron chi connectivity index (χ0n) is 17.7. The molecule has 31 heavy (non-hydrogen) atoms. The first-order valence-corrected chi connectivity index (χ1v) is 10.4. The number of hydrogen-bond acceptors (Lipinski definition) is 8. The number of phenols is 1. The van der Waals surface area contributed by atoms with E-state index in [2.05, 4.69) is 10.1 Å². The molecule has 0 aliphatic carbocycles. The third-order valence-corrected chi connectivity index (χ3v) is 4.66. The molecule has 0 heterocycles. The van der Waals surface area contributed by atoms with Gasteiger partial charge >= 0.3 is 11.9 Å². The average molecular weight is 448 g/mol. The summed E-state index contributed by atoms with van der Waals surface area (Å²) >= 11 is 0.768. The fourth-order valence-electron chi connectivity index (χ4n) is 2.32. The van der Waals surface area contributed by atoms with Crippen LogP contribution in [0.25, 0.3) is 0 Å². The minimum absolute atomic E-state index is 0.00685. The molecule has 0 aromatic heterocycles. The summed E-state index contributed by atoms with van der Waals surface area (Å²) in [5, 5.41) is 11.7. The minimum atomic E-state index is -0.998. The van der Waals surface area contributed by atoms with Crippen molar-refractivity contribution >= 4 is 34.7 Å². The van der Waals surface area contributed by atoms with Gasteiger partial charge in [0.1, 0.15) is 23.1 Å². The smallest absolute Gasteiger partial charge is 0.347 e. The first-order valence-electron chi connectivity index (χ1n) is 9.44. The number of carbonyl (C=O) groups is 4. The van der Waals surface area contributed by atoms with Crippen LogP contribution in [0.15, 0.2) is 48.5 Å². The number of amides is 1. The highest BCUT2D eigenvalue weighted by molar-refractivity contribution is 8.14. The molecule has 0 aliphatic rings. The molecule has 0 aliphatic heterocycles. The van der Waals surface area contributed by atoms with Gasteiger partial charge in [0.25, 0.3) is 0 Å². The number of para-hydroxylation sites is 2.